The second-order valence-corrected chi connectivity index (χ2v) is 8.47. The summed E-state index contributed by atoms with van der Waals surface area (Å²) in [7, 11) is 1.21. The van der Waals surface area contributed by atoms with Crippen molar-refractivity contribution < 1.29 is 33.4 Å². The zero-order valence-corrected chi connectivity index (χ0v) is 20.8. The maximum atomic E-state index is 12.9. The molecular weight excluding hydrogens is 496 g/mol. The number of nitrogens with zero attached hydrogens (tertiary/aromatic N) is 1. The summed E-state index contributed by atoms with van der Waals surface area (Å²) in [5, 5.41) is 2.13. The summed E-state index contributed by atoms with van der Waals surface area (Å²) in [6, 6.07) is 9.45. The molecule has 1 saturated heterocycles. The van der Waals surface area contributed by atoms with Crippen LogP contribution in [0, 0.1) is 0 Å². The molecule has 0 saturated carbocycles. The molecule has 1 heterocycles. The molecule has 184 valence electrons. The van der Waals surface area contributed by atoms with Gasteiger partial charge >= 0.3 is 5.97 Å². The molecule has 1 aliphatic heterocycles. The van der Waals surface area contributed by atoms with Crippen molar-refractivity contribution in [1.29, 1.82) is 0 Å². The Morgan fingerprint density at radius 1 is 1.09 bits per heavy atom. The van der Waals surface area contributed by atoms with E-state index < -0.39 is 29.6 Å². The van der Waals surface area contributed by atoms with Crippen LogP contribution in [-0.4, -0.2) is 54.8 Å². The maximum Gasteiger partial charge on any atom is 0.339 e. The summed E-state index contributed by atoms with van der Waals surface area (Å²) in [6.07, 6.45) is 1.55. The molecule has 0 atom stereocenters. The van der Waals surface area contributed by atoms with E-state index in [1.165, 1.54) is 25.3 Å². The van der Waals surface area contributed by atoms with Crippen LogP contribution in [0.4, 0.5) is 10.5 Å². The van der Waals surface area contributed by atoms with E-state index in [0.29, 0.717) is 30.3 Å². The van der Waals surface area contributed by atoms with Crippen LogP contribution in [0.2, 0.25) is 5.02 Å². The van der Waals surface area contributed by atoms with Gasteiger partial charge in [0.15, 0.2) is 0 Å². The van der Waals surface area contributed by atoms with Crippen molar-refractivity contribution in [2.24, 2.45) is 0 Å². The number of rotatable bonds is 9. The van der Waals surface area contributed by atoms with Crippen LogP contribution in [0.15, 0.2) is 41.3 Å². The highest BCUT2D eigenvalue weighted by atomic mass is 35.5. The highest BCUT2D eigenvalue weighted by molar-refractivity contribution is 8.18. The fourth-order valence-electron chi connectivity index (χ4n) is 3.16. The molecule has 35 heavy (non-hydrogen) atoms. The lowest BCUT2D eigenvalue weighted by atomic mass is 10.1. The summed E-state index contributed by atoms with van der Waals surface area (Å²) >= 11 is 6.71. The number of halogens is 1. The zero-order chi connectivity index (χ0) is 25.5. The predicted octanol–water partition coefficient (Wildman–Crippen LogP) is 4.60. The number of carbonyl (C=O) groups excluding carboxylic acids is 4. The van der Waals surface area contributed by atoms with E-state index in [1.54, 1.807) is 24.3 Å². The number of esters is 1. The first-order valence-corrected chi connectivity index (χ1v) is 11.8. The summed E-state index contributed by atoms with van der Waals surface area (Å²) in [5.41, 5.74) is 0.932. The molecule has 0 bridgehead atoms. The number of ether oxygens (including phenoxy) is 3. The summed E-state index contributed by atoms with van der Waals surface area (Å²) < 4.78 is 15.8. The van der Waals surface area contributed by atoms with Gasteiger partial charge in [-0.3, -0.25) is 19.3 Å². The quantitative estimate of drug-likeness (QED) is 0.379. The number of nitrogens with one attached hydrogen (secondary N) is 1. The molecule has 3 amide bonds. The average Bonchev–Trinajstić information content (AvgIpc) is 3.09. The zero-order valence-electron chi connectivity index (χ0n) is 19.3. The molecule has 2 aromatic rings. The van der Waals surface area contributed by atoms with Crippen molar-refractivity contribution in [2.75, 3.05) is 32.2 Å². The predicted molar refractivity (Wildman–Crippen MR) is 133 cm³/mol. The molecule has 1 aliphatic rings. The molecule has 2 aromatic carbocycles. The first kappa shape index (κ1) is 26.1. The third kappa shape index (κ3) is 6.34. The molecule has 0 radical (unpaired) electrons. The fourth-order valence-corrected chi connectivity index (χ4v) is 4.19. The lowest BCUT2D eigenvalue weighted by Gasteiger charge is -2.13. The first-order chi connectivity index (χ1) is 16.8. The smallest absolute Gasteiger partial charge is 0.339 e. The molecular formula is C24H23ClN2O7S. The van der Waals surface area contributed by atoms with Gasteiger partial charge in [0, 0.05) is 17.3 Å². The van der Waals surface area contributed by atoms with Gasteiger partial charge in [-0.05, 0) is 62.0 Å². The highest BCUT2D eigenvalue weighted by Crippen LogP contribution is 2.35. The van der Waals surface area contributed by atoms with Gasteiger partial charge in [-0.25, -0.2) is 4.79 Å². The van der Waals surface area contributed by atoms with Crippen molar-refractivity contribution in [2.45, 2.75) is 13.8 Å². The standard InChI is InChI=1S/C24H23ClN2O7S/c1-4-33-16-8-6-14(19(12-16)34-5-2)10-20-22(29)27(24(31)35-20)13-21(28)26-15-7-9-18(25)17(11-15)23(30)32-3/h6-12H,4-5,13H2,1-3H3,(H,26,28)/b20-10+. The van der Waals surface area contributed by atoms with Gasteiger partial charge in [0.1, 0.15) is 18.0 Å². The molecule has 11 heteroatoms. The Hall–Kier alpha value is -3.50. The molecule has 9 nitrogen and oxygen atoms in total. The Kier molecular flexibility index (Phi) is 8.78. The number of anilines is 1. The number of amides is 3. The third-order valence-electron chi connectivity index (χ3n) is 4.71. The minimum absolute atomic E-state index is 0.0709. The topological polar surface area (TPSA) is 111 Å². The van der Waals surface area contributed by atoms with Gasteiger partial charge in [-0.1, -0.05) is 11.6 Å². The van der Waals surface area contributed by atoms with E-state index in [4.69, 9.17) is 21.1 Å². The van der Waals surface area contributed by atoms with E-state index in [0.717, 1.165) is 16.7 Å². The highest BCUT2D eigenvalue weighted by Gasteiger charge is 2.36. The Morgan fingerprint density at radius 2 is 1.83 bits per heavy atom. The average molecular weight is 519 g/mol. The minimum atomic E-state index is -0.664. The van der Waals surface area contributed by atoms with Crippen molar-refractivity contribution in [3.63, 3.8) is 0 Å². The van der Waals surface area contributed by atoms with Crippen LogP contribution >= 0.6 is 23.4 Å². The maximum absolute atomic E-state index is 12.9. The second kappa shape index (κ2) is 11.8. The van der Waals surface area contributed by atoms with Crippen LogP contribution in [-0.2, 0) is 14.3 Å². The van der Waals surface area contributed by atoms with Crippen LogP contribution < -0.4 is 14.8 Å². The van der Waals surface area contributed by atoms with Gasteiger partial charge in [0.05, 0.1) is 35.8 Å². The fraction of sp³-hybridized carbons (Fsp3) is 0.250. The van der Waals surface area contributed by atoms with Crippen LogP contribution in [0.25, 0.3) is 6.08 Å². The SMILES string of the molecule is CCOc1ccc(/C=C2/SC(=O)N(CC(=O)Nc3ccc(Cl)c(C(=O)OC)c3)C2=O)c(OCC)c1. The molecule has 0 unspecified atom stereocenters. The first-order valence-electron chi connectivity index (χ1n) is 10.6. The number of thioether (sulfide) groups is 1. The van der Waals surface area contributed by atoms with Crippen molar-refractivity contribution in [1.82, 2.24) is 4.90 Å². The Labute approximate surface area is 211 Å². The van der Waals surface area contributed by atoms with Crippen molar-refractivity contribution in [3.05, 3.63) is 57.5 Å². The molecule has 0 spiro atoms. The van der Waals surface area contributed by atoms with Crippen molar-refractivity contribution in [3.8, 4) is 11.5 Å². The number of imide groups is 1. The van der Waals surface area contributed by atoms with Gasteiger partial charge in [-0.15, -0.1) is 0 Å². The van der Waals surface area contributed by atoms with E-state index in [2.05, 4.69) is 10.1 Å². The van der Waals surface area contributed by atoms with E-state index in [-0.39, 0.29) is 21.2 Å². The third-order valence-corrected chi connectivity index (χ3v) is 5.95. The Morgan fingerprint density at radius 3 is 2.51 bits per heavy atom. The van der Waals surface area contributed by atoms with Gasteiger partial charge in [0.2, 0.25) is 5.91 Å². The summed E-state index contributed by atoms with van der Waals surface area (Å²) in [5.74, 6) is -0.758. The summed E-state index contributed by atoms with van der Waals surface area (Å²) in [4.78, 5) is 50.7. The molecule has 1 fully saturated rings. The molecule has 1 N–H and O–H groups in total. The van der Waals surface area contributed by atoms with E-state index in [1.807, 2.05) is 13.8 Å². The van der Waals surface area contributed by atoms with Gasteiger partial charge < -0.3 is 19.5 Å². The number of hydrogen-bond donors (Lipinski definition) is 1. The van der Waals surface area contributed by atoms with Crippen LogP contribution in [0.3, 0.4) is 0 Å². The van der Waals surface area contributed by atoms with Crippen LogP contribution in [0.1, 0.15) is 29.8 Å². The van der Waals surface area contributed by atoms with Crippen molar-refractivity contribution >= 4 is 58.1 Å². The Balaban J connectivity index is 1.74. The minimum Gasteiger partial charge on any atom is -0.494 e. The monoisotopic (exact) mass is 518 g/mol. The van der Waals surface area contributed by atoms with E-state index >= 15 is 0 Å². The van der Waals surface area contributed by atoms with Gasteiger partial charge in [-0.2, -0.15) is 0 Å². The van der Waals surface area contributed by atoms with E-state index in [9.17, 15) is 19.2 Å². The number of carbonyl (C=O) groups is 4. The second-order valence-electron chi connectivity index (χ2n) is 7.07. The van der Waals surface area contributed by atoms with Gasteiger partial charge in [0.25, 0.3) is 11.1 Å². The molecule has 0 aromatic heterocycles. The van der Waals surface area contributed by atoms with Crippen LogP contribution in [0.5, 0.6) is 11.5 Å². The normalized spacial score (nSPS) is 14.3. The largest absolute Gasteiger partial charge is 0.494 e. The number of benzene rings is 2. The molecule has 0 aliphatic carbocycles. The number of methoxy groups -OCH3 is 1. The lowest BCUT2D eigenvalue weighted by molar-refractivity contribution is -0.127. The number of hydrogen-bond acceptors (Lipinski definition) is 8. The molecule has 3 rings (SSSR count). The summed E-state index contributed by atoms with van der Waals surface area (Å²) in [6.45, 7) is 4.09. The Bertz CT molecular complexity index is 1200. The lowest BCUT2D eigenvalue weighted by Crippen LogP contribution is -2.36.